The van der Waals surface area contributed by atoms with Crippen LogP contribution in [0.1, 0.15) is 5.56 Å². The van der Waals surface area contributed by atoms with Crippen molar-refractivity contribution in [1.82, 2.24) is 19.6 Å². The minimum absolute atomic E-state index is 0.0452. The van der Waals surface area contributed by atoms with Crippen LogP contribution in [0.5, 0.6) is 0 Å². The van der Waals surface area contributed by atoms with Crippen molar-refractivity contribution < 1.29 is 4.39 Å². The fraction of sp³-hybridized carbons (Fsp3) is 0. The average molecular weight is 229 g/mol. The summed E-state index contributed by atoms with van der Waals surface area (Å²) in [5, 5.41) is 12.8. The molecule has 0 aromatic carbocycles. The first kappa shape index (κ1) is 9.47. The predicted octanol–water partition coefficient (Wildman–Crippen LogP) is 0.582. The third kappa shape index (κ3) is 1.15. The largest absolute Gasteiger partial charge is 0.306 e. The van der Waals surface area contributed by atoms with Gasteiger partial charge in [-0.2, -0.15) is 14.8 Å². The second-order valence-electron chi connectivity index (χ2n) is 3.38. The number of rotatable bonds is 0. The quantitative estimate of drug-likeness (QED) is 0.571. The van der Waals surface area contributed by atoms with Gasteiger partial charge in [0.1, 0.15) is 17.3 Å². The number of hydrogen-bond donors (Lipinski definition) is 1. The molecule has 3 aromatic rings. The Morgan fingerprint density at radius 1 is 1.53 bits per heavy atom. The molecular weight excluding hydrogens is 225 g/mol. The highest BCUT2D eigenvalue weighted by molar-refractivity contribution is 5.84. The van der Waals surface area contributed by atoms with E-state index >= 15 is 0 Å². The van der Waals surface area contributed by atoms with Crippen molar-refractivity contribution in [3.05, 3.63) is 40.3 Å². The molecule has 0 spiro atoms. The average Bonchev–Trinajstić information content (AvgIpc) is 2.77. The molecule has 3 heterocycles. The minimum atomic E-state index is -0.961. The van der Waals surface area contributed by atoms with Crippen LogP contribution in [0, 0.1) is 17.3 Å². The maximum Gasteiger partial charge on any atom is 0.260 e. The van der Waals surface area contributed by atoms with Crippen molar-refractivity contribution in [2.24, 2.45) is 0 Å². The van der Waals surface area contributed by atoms with E-state index in [9.17, 15) is 9.18 Å². The van der Waals surface area contributed by atoms with Crippen LogP contribution in [0.2, 0.25) is 0 Å². The maximum atomic E-state index is 13.3. The van der Waals surface area contributed by atoms with Gasteiger partial charge in [0, 0.05) is 6.07 Å². The van der Waals surface area contributed by atoms with Crippen molar-refractivity contribution in [3.8, 4) is 6.07 Å². The number of aromatic amines is 1. The smallest absolute Gasteiger partial charge is 0.260 e. The molecule has 0 atom stereocenters. The van der Waals surface area contributed by atoms with Crippen LogP contribution in [0.25, 0.3) is 16.6 Å². The van der Waals surface area contributed by atoms with Crippen LogP contribution in [-0.2, 0) is 0 Å². The monoisotopic (exact) mass is 229 g/mol. The van der Waals surface area contributed by atoms with Gasteiger partial charge in [-0.3, -0.25) is 4.79 Å². The van der Waals surface area contributed by atoms with Gasteiger partial charge in [-0.15, -0.1) is 0 Å². The fourth-order valence-corrected chi connectivity index (χ4v) is 1.74. The van der Waals surface area contributed by atoms with E-state index in [0.717, 1.165) is 0 Å². The molecule has 3 rings (SSSR count). The second-order valence-corrected chi connectivity index (χ2v) is 3.38. The molecule has 0 fully saturated rings. The van der Waals surface area contributed by atoms with Crippen molar-refractivity contribution >= 4 is 16.6 Å². The standard InChI is InChI=1S/C10H4FN5O/c11-9-5(3-12)8-6(4-13-9)16-7(1-2-14-16)15-10(8)17/h1-2,4H,(H,15,17). The van der Waals surface area contributed by atoms with E-state index in [1.807, 2.05) is 0 Å². The molecule has 0 saturated carbocycles. The van der Waals surface area contributed by atoms with Crippen molar-refractivity contribution in [1.29, 1.82) is 5.26 Å². The lowest BCUT2D eigenvalue weighted by Gasteiger charge is -2.02. The zero-order valence-electron chi connectivity index (χ0n) is 8.31. The Morgan fingerprint density at radius 2 is 2.35 bits per heavy atom. The highest BCUT2D eigenvalue weighted by Crippen LogP contribution is 2.15. The summed E-state index contributed by atoms with van der Waals surface area (Å²) in [7, 11) is 0. The Bertz CT molecular complexity index is 841. The van der Waals surface area contributed by atoms with Gasteiger partial charge in [-0.05, 0) is 0 Å². The number of nitriles is 1. The molecule has 0 aliphatic heterocycles. The van der Waals surface area contributed by atoms with Gasteiger partial charge >= 0.3 is 0 Å². The Hall–Kier alpha value is -2.75. The molecule has 0 aliphatic rings. The van der Waals surface area contributed by atoms with E-state index in [2.05, 4.69) is 15.1 Å². The molecule has 17 heavy (non-hydrogen) atoms. The van der Waals surface area contributed by atoms with Gasteiger partial charge in [0.15, 0.2) is 0 Å². The summed E-state index contributed by atoms with van der Waals surface area (Å²) in [4.78, 5) is 17.7. The van der Waals surface area contributed by atoms with E-state index in [4.69, 9.17) is 5.26 Å². The number of halogens is 1. The molecule has 0 radical (unpaired) electrons. The van der Waals surface area contributed by atoms with Crippen molar-refractivity contribution in [2.45, 2.75) is 0 Å². The van der Waals surface area contributed by atoms with Gasteiger partial charge in [-0.25, -0.2) is 9.50 Å². The number of pyridine rings is 1. The molecule has 0 aliphatic carbocycles. The first-order valence-corrected chi connectivity index (χ1v) is 4.66. The lowest BCUT2D eigenvalue weighted by Crippen LogP contribution is -2.13. The molecule has 0 saturated heterocycles. The van der Waals surface area contributed by atoms with Crippen LogP contribution < -0.4 is 5.56 Å². The van der Waals surface area contributed by atoms with Gasteiger partial charge < -0.3 is 4.98 Å². The summed E-state index contributed by atoms with van der Waals surface area (Å²) in [6.07, 6.45) is 2.67. The van der Waals surface area contributed by atoms with Crippen LogP contribution in [-0.4, -0.2) is 19.6 Å². The Kier molecular flexibility index (Phi) is 1.74. The first-order valence-electron chi connectivity index (χ1n) is 4.66. The molecule has 82 valence electrons. The van der Waals surface area contributed by atoms with Crippen LogP contribution >= 0.6 is 0 Å². The van der Waals surface area contributed by atoms with Gasteiger partial charge in [0.25, 0.3) is 5.56 Å². The summed E-state index contributed by atoms with van der Waals surface area (Å²) < 4.78 is 14.7. The zero-order valence-corrected chi connectivity index (χ0v) is 8.31. The topological polar surface area (TPSA) is 86.8 Å². The lowest BCUT2D eigenvalue weighted by molar-refractivity contribution is 0.582. The molecule has 0 unspecified atom stereocenters. The number of aromatic nitrogens is 4. The number of fused-ring (bicyclic) bond motifs is 3. The van der Waals surface area contributed by atoms with Crippen LogP contribution in [0.4, 0.5) is 4.39 Å². The van der Waals surface area contributed by atoms with Crippen LogP contribution in [0.15, 0.2) is 23.3 Å². The maximum absolute atomic E-state index is 13.3. The zero-order chi connectivity index (χ0) is 12.0. The number of hydrogen-bond acceptors (Lipinski definition) is 4. The van der Waals surface area contributed by atoms with E-state index in [-0.39, 0.29) is 10.9 Å². The van der Waals surface area contributed by atoms with Gasteiger partial charge in [0.05, 0.1) is 23.3 Å². The molecular formula is C10H4FN5O. The number of H-pyrrole nitrogens is 1. The Balaban J connectivity index is 2.71. The third-order valence-corrected chi connectivity index (χ3v) is 2.46. The number of nitrogens with zero attached hydrogens (tertiary/aromatic N) is 4. The molecule has 3 aromatic heterocycles. The molecule has 7 heteroatoms. The normalized spacial score (nSPS) is 10.8. The molecule has 1 N–H and O–H groups in total. The lowest BCUT2D eigenvalue weighted by atomic mass is 10.2. The third-order valence-electron chi connectivity index (χ3n) is 2.46. The van der Waals surface area contributed by atoms with Crippen molar-refractivity contribution in [2.75, 3.05) is 0 Å². The SMILES string of the molecule is N#Cc1c(F)ncc2c1c(=O)[nH]c1ccnn12. The highest BCUT2D eigenvalue weighted by atomic mass is 19.1. The first-order chi connectivity index (χ1) is 8.22. The Morgan fingerprint density at radius 3 is 3.12 bits per heavy atom. The fourth-order valence-electron chi connectivity index (χ4n) is 1.74. The summed E-state index contributed by atoms with van der Waals surface area (Å²) in [6, 6.07) is 3.23. The van der Waals surface area contributed by atoms with E-state index in [1.54, 1.807) is 12.1 Å². The molecule has 0 bridgehead atoms. The van der Waals surface area contributed by atoms with E-state index < -0.39 is 11.5 Å². The summed E-state index contributed by atoms with van der Waals surface area (Å²) in [5.41, 5.74) is -0.154. The summed E-state index contributed by atoms with van der Waals surface area (Å²) in [5.74, 6) is -0.961. The second kappa shape index (κ2) is 3.12. The molecule has 6 nitrogen and oxygen atoms in total. The predicted molar refractivity (Wildman–Crippen MR) is 55.8 cm³/mol. The molecule has 0 amide bonds. The van der Waals surface area contributed by atoms with Crippen LogP contribution in [0.3, 0.4) is 0 Å². The number of nitrogens with one attached hydrogen (secondary N) is 1. The van der Waals surface area contributed by atoms with Crippen molar-refractivity contribution in [3.63, 3.8) is 0 Å². The van der Waals surface area contributed by atoms with E-state index in [1.165, 1.54) is 16.9 Å². The summed E-state index contributed by atoms with van der Waals surface area (Å²) >= 11 is 0. The minimum Gasteiger partial charge on any atom is -0.306 e. The van der Waals surface area contributed by atoms with E-state index in [0.29, 0.717) is 11.2 Å². The van der Waals surface area contributed by atoms with Gasteiger partial charge in [-0.1, -0.05) is 0 Å². The van der Waals surface area contributed by atoms with Gasteiger partial charge in [0.2, 0.25) is 5.95 Å². The summed E-state index contributed by atoms with van der Waals surface area (Å²) in [6.45, 7) is 0. The Labute approximate surface area is 92.9 Å². The highest BCUT2D eigenvalue weighted by Gasteiger charge is 2.14.